The maximum atomic E-state index is 5.40. The van der Waals surface area contributed by atoms with E-state index in [1.807, 2.05) is 101 Å². The highest BCUT2D eigenvalue weighted by molar-refractivity contribution is 6.13. The Labute approximate surface area is 413 Å². The van der Waals surface area contributed by atoms with Crippen molar-refractivity contribution in [2.75, 3.05) is 0 Å². The Balaban J connectivity index is 1.12. The van der Waals surface area contributed by atoms with E-state index in [-0.39, 0.29) is 0 Å². The number of aryl methyl sites for hydroxylation is 4. The van der Waals surface area contributed by atoms with Gasteiger partial charge in [-0.1, -0.05) is 109 Å². The van der Waals surface area contributed by atoms with Gasteiger partial charge < -0.3 is 9.13 Å². The molecule has 13 rings (SSSR count). The Morgan fingerprint density at radius 2 is 0.736 bits per heavy atom. The minimum Gasteiger partial charge on any atom is -0.309 e. The number of hydrogen-bond donors (Lipinski definition) is 0. The first-order chi connectivity index (χ1) is 35.3. The van der Waals surface area contributed by atoms with E-state index in [4.69, 9.17) is 39.9 Å². The fraction of sp³-hybridized carbons (Fsp3) is 0.0667. The molecule has 0 bridgehead atoms. The Hall–Kier alpha value is -9.68. The van der Waals surface area contributed by atoms with Gasteiger partial charge in [-0.05, 0) is 94.4 Å². The summed E-state index contributed by atoms with van der Waals surface area (Å²) in [7, 11) is 0. The van der Waals surface area contributed by atoms with E-state index in [1.54, 1.807) is 0 Å². The quantitative estimate of drug-likeness (QED) is 0.145. The SMILES string of the molecule is Cc1nc(C)nc(-c2ccc3c(c2)c2ccccc2n3-c2cccnc2-c2c(-c3nc(-c4ccccc4)nc(-c4ccccc4)n3)cccc2-n2c3ccccc3c3cc(-c4nc(C)nc(C)n4)ccc32)n1. The van der Waals surface area contributed by atoms with Gasteiger partial charge in [0.25, 0.3) is 0 Å². The summed E-state index contributed by atoms with van der Waals surface area (Å²) in [6.07, 6.45) is 1.87. The second-order valence-corrected chi connectivity index (χ2v) is 17.8. The van der Waals surface area contributed by atoms with Gasteiger partial charge >= 0.3 is 0 Å². The number of benzene rings is 7. The van der Waals surface area contributed by atoms with Crippen molar-refractivity contribution in [1.29, 1.82) is 0 Å². The van der Waals surface area contributed by atoms with Crippen molar-refractivity contribution < 1.29 is 0 Å². The molecular formula is C60H42N12. The second-order valence-electron chi connectivity index (χ2n) is 17.8. The maximum Gasteiger partial charge on any atom is 0.164 e. The maximum absolute atomic E-state index is 5.40. The van der Waals surface area contributed by atoms with Crippen LogP contribution in [0.4, 0.5) is 0 Å². The van der Waals surface area contributed by atoms with Crippen LogP contribution in [0.2, 0.25) is 0 Å². The summed E-state index contributed by atoms with van der Waals surface area (Å²) in [4.78, 5) is 49.0. The zero-order valence-corrected chi connectivity index (χ0v) is 39.7. The lowest BCUT2D eigenvalue weighted by Crippen LogP contribution is -2.06. The zero-order valence-electron chi connectivity index (χ0n) is 39.7. The smallest absolute Gasteiger partial charge is 0.164 e. The minimum atomic E-state index is 0.509. The largest absolute Gasteiger partial charge is 0.309 e. The van der Waals surface area contributed by atoms with Crippen LogP contribution in [0.15, 0.2) is 182 Å². The van der Waals surface area contributed by atoms with E-state index in [9.17, 15) is 0 Å². The molecule has 0 saturated heterocycles. The molecule has 7 aromatic carbocycles. The summed E-state index contributed by atoms with van der Waals surface area (Å²) in [6, 6.07) is 60.6. The van der Waals surface area contributed by atoms with Crippen LogP contribution in [0.25, 0.3) is 123 Å². The molecule has 0 aliphatic rings. The lowest BCUT2D eigenvalue weighted by molar-refractivity contribution is 0.928. The highest BCUT2D eigenvalue weighted by atomic mass is 15.1. The van der Waals surface area contributed by atoms with Crippen molar-refractivity contribution in [2.45, 2.75) is 27.7 Å². The topological polar surface area (TPSA) is 139 Å². The molecular weight excluding hydrogens is 889 g/mol. The van der Waals surface area contributed by atoms with Crippen LogP contribution in [-0.2, 0) is 0 Å². The third-order valence-corrected chi connectivity index (χ3v) is 13.1. The third-order valence-electron chi connectivity index (χ3n) is 13.1. The summed E-state index contributed by atoms with van der Waals surface area (Å²) < 4.78 is 4.65. The standard InChI is InChI=1S/C60H42N12/c1-35-62-36(2)65-58(64-35)41-28-30-50-46(33-41)43-21-11-13-24-48(43)71(50)52-26-15-23-45(60-69-56(39-17-7-5-8-18-39)68-57(70-60)40-19-9-6-10-20-40)54(52)55-53(27-16-32-61-55)72-49-25-14-12-22-44(49)47-34-42(29-31-51(47)72)59-66-37(3)63-38(4)67-59/h5-34H,1-4H3. The lowest BCUT2D eigenvalue weighted by Gasteiger charge is -2.20. The monoisotopic (exact) mass is 930 g/mol. The molecule has 0 aliphatic heterocycles. The first-order valence-corrected chi connectivity index (χ1v) is 23.7. The molecule has 0 fully saturated rings. The number of para-hydroxylation sites is 2. The molecule has 0 amide bonds. The average Bonchev–Trinajstić information content (AvgIpc) is 3.92. The minimum absolute atomic E-state index is 0.509. The summed E-state index contributed by atoms with van der Waals surface area (Å²) in [6.45, 7) is 7.60. The van der Waals surface area contributed by atoms with Crippen molar-refractivity contribution in [2.24, 2.45) is 0 Å². The Kier molecular flexibility index (Phi) is 10.1. The summed E-state index contributed by atoms with van der Waals surface area (Å²) in [5, 5.41) is 4.27. The Morgan fingerprint density at radius 1 is 0.306 bits per heavy atom. The van der Waals surface area contributed by atoms with Crippen LogP contribution in [0.1, 0.15) is 23.3 Å². The van der Waals surface area contributed by atoms with E-state index in [0.717, 1.165) is 94.1 Å². The predicted octanol–water partition coefficient (Wildman–Crippen LogP) is 13.1. The van der Waals surface area contributed by atoms with Crippen LogP contribution in [0, 0.1) is 27.7 Å². The van der Waals surface area contributed by atoms with Gasteiger partial charge in [0.2, 0.25) is 0 Å². The molecule has 6 heterocycles. The van der Waals surface area contributed by atoms with E-state index >= 15 is 0 Å². The molecule has 342 valence electrons. The third kappa shape index (κ3) is 7.23. The van der Waals surface area contributed by atoms with E-state index in [1.165, 1.54) is 0 Å². The Bertz CT molecular complexity index is 4180. The highest BCUT2D eigenvalue weighted by Gasteiger charge is 2.26. The van der Waals surface area contributed by atoms with E-state index in [2.05, 4.69) is 128 Å². The van der Waals surface area contributed by atoms with E-state index in [0.29, 0.717) is 52.4 Å². The molecule has 0 unspecified atom stereocenters. The van der Waals surface area contributed by atoms with Gasteiger partial charge in [0.1, 0.15) is 23.3 Å². The molecule has 0 atom stereocenters. The molecule has 0 spiro atoms. The molecule has 0 radical (unpaired) electrons. The molecule has 12 heteroatoms. The van der Waals surface area contributed by atoms with Crippen molar-refractivity contribution in [3.8, 4) is 79.6 Å². The number of nitrogens with zero attached hydrogens (tertiary/aromatic N) is 12. The van der Waals surface area contributed by atoms with Crippen LogP contribution >= 0.6 is 0 Å². The molecule has 72 heavy (non-hydrogen) atoms. The average molecular weight is 931 g/mol. The number of aromatic nitrogens is 12. The number of rotatable bonds is 8. The normalized spacial score (nSPS) is 11.6. The molecule has 0 N–H and O–H groups in total. The highest BCUT2D eigenvalue weighted by Crippen LogP contribution is 2.44. The predicted molar refractivity (Wildman–Crippen MR) is 285 cm³/mol. The lowest BCUT2D eigenvalue weighted by atomic mass is 9.98. The Morgan fingerprint density at radius 3 is 1.26 bits per heavy atom. The second kappa shape index (κ2) is 17.1. The van der Waals surface area contributed by atoms with Gasteiger partial charge in [0, 0.05) is 61.1 Å². The van der Waals surface area contributed by atoms with Gasteiger partial charge in [-0.3, -0.25) is 4.98 Å². The van der Waals surface area contributed by atoms with Crippen LogP contribution in [0.3, 0.4) is 0 Å². The molecule has 0 saturated carbocycles. The number of pyridine rings is 1. The molecule has 12 nitrogen and oxygen atoms in total. The first kappa shape index (κ1) is 42.4. The molecule has 13 aromatic rings. The van der Waals surface area contributed by atoms with Crippen molar-refractivity contribution in [3.63, 3.8) is 0 Å². The first-order valence-electron chi connectivity index (χ1n) is 23.7. The van der Waals surface area contributed by atoms with Gasteiger partial charge in [-0.2, -0.15) is 0 Å². The van der Waals surface area contributed by atoms with Gasteiger partial charge in [-0.25, -0.2) is 44.9 Å². The van der Waals surface area contributed by atoms with Crippen molar-refractivity contribution in [3.05, 3.63) is 205 Å². The van der Waals surface area contributed by atoms with Gasteiger partial charge in [0.15, 0.2) is 29.1 Å². The molecule has 6 aromatic heterocycles. The van der Waals surface area contributed by atoms with Crippen molar-refractivity contribution >= 4 is 43.6 Å². The fourth-order valence-corrected chi connectivity index (χ4v) is 10.1. The molecule has 0 aliphatic carbocycles. The number of fused-ring (bicyclic) bond motifs is 6. The van der Waals surface area contributed by atoms with Crippen LogP contribution < -0.4 is 0 Å². The van der Waals surface area contributed by atoms with Crippen LogP contribution in [0.5, 0.6) is 0 Å². The van der Waals surface area contributed by atoms with Gasteiger partial charge in [-0.15, -0.1) is 0 Å². The van der Waals surface area contributed by atoms with Crippen LogP contribution in [-0.4, -0.2) is 59.0 Å². The fourth-order valence-electron chi connectivity index (χ4n) is 10.1. The van der Waals surface area contributed by atoms with Gasteiger partial charge in [0.05, 0.1) is 39.1 Å². The summed E-state index contributed by atoms with van der Waals surface area (Å²) >= 11 is 0. The zero-order chi connectivity index (χ0) is 48.5. The summed E-state index contributed by atoms with van der Waals surface area (Å²) in [5.41, 5.74) is 11.7. The summed E-state index contributed by atoms with van der Waals surface area (Å²) in [5.74, 6) is 5.61. The number of hydrogen-bond acceptors (Lipinski definition) is 10. The van der Waals surface area contributed by atoms with E-state index < -0.39 is 0 Å². The van der Waals surface area contributed by atoms with Crippen molar-refractivity contribution in [1.82, 2.24) is 59.0 Å².